The molecule has 0 bridgehead atoms. The SMILES string of the molecule is Clc1ccc(N2NCN=C2C(c2ccccc2)C2CO2)cc1. The zero-order valence-electron chi connectivity index (χ0n) is 11.9. The molecule has 0 saturated carbocycles. The summed E-state index contributed by atoms with van der Waals surface area (Å²) in [5, 5.41) is 2.77. The van der Waals surface area contributed by atoms with Crippen LogP contribution in [0.4, 0.5) is 5.69 Å². The number of rotatable bonds is 4. The molecule has 22 heavy (non-hydrogen) atoms. The molecule has 2 aromatic rings. The number of amidine groups is 1. The van der Waals surface area contributed by atoms with Gasteiger partial charge in [-0.15, -0.1) is 0 Å². The van der Waals surface area contributed by atoms with Crippen molar-refractivity contribution in [3.63, 3.8) is 0 Å². The molecule has 4 rings (SSSR count). The highest BCUT2D eigenvalue weighted by molar-refractivity contribution is 6.30. The first-order valence-electron chi connectivity index (χ1n) is 7.33. The predicted molar refractivity (Wildman–Crippen MR) is 88.3 cm³/mol. The molecule has 2 atom stereocenters. The van der Waals surface area contributed by atoms with Gasteiger partial charge in [-0.25, -0.2) is 5.43 Å². The van der Waals surface area contributed by atoms with E-state index in [1.54, 1.807) is 0 Å². The number of halogens is 1. The van der Waals surface area contributed by atoms with E-state index in [-0.39, 0.29) is 12.0 Å². The van der Waals surface area contributed by atoms with Crippen LogP contribution in [0.1, 0.15) is 11.5 Å². The molecule has 2 aliphatic rings. The average Bonchev–Trinajstić information content (AvgIpc) is 3.27. The van der Waals surface area contributed by atoms with Crippen LogP contribution < -0.4 is 10.4 Å². The summed E-state index contributed by atoms with van der Waals surface area (Å²) in [7, 11) is 0. The van der Waals surface area contributed by atoms with Crippen LogP contribution in [0.2, 0.25) is 5.02 Å². The summed E-state index contributed by atoms with van der Waals surface area (Å²) in [6.07, 6.45) is 0.204. The predicted octanol–water partition coefficient (Wildman–Crippen LogP) is 3.20. The highest BCUT2D eigenvalue weighted by Crippen LogP contribution is 2.34. The van der Waals surface area contributed by atoms with E-state index in [0.29, 0.717) is 6.67 Å². The fourth-order valence-corrected chi connectivity index (χ4v) is 2.95. The van der Waals surface area contributed by atoms with Crippen LogP contribution in [0, 0.1) is 0 Å². The van der Waals surface area contributed by atoms with E-state index in [0.717, 1.165) is 23.2 Å². The van der Waals surface area contributed by atoms with Crippen LogP contribution >= 0.6 is 11.6 Å². The second kappa shape index (κ2) is 5.72. The van der Waals surface area contributed by atoms with Gasteiger partial charge in [0.05, 0.1) is 24.3 Å². The minimum absolute atomic E-state index is 0.145. The van der Waals surface area contributed by atoms with E-state index >= 15 is 0 Å². The summed E-state index contributed by atoms with van der Waals surface area (Å²) in [5.41, 5.74) is 5.56. The molecule has 1 N–H and O–H groups in total. The lowest BCUT2D eigenvalue weighted by Gasteiger charge is -2.25. The van der Waals surface area contributed by atoms with E-state index in [1.807, 2.05) is 35.3 Å². The van der Waals surface area contributed by atoms with E-state index in [1.165, 1.54) is 5.56 Å². The highest BCUT2D eigenvalue weighted by atomic mass is 35.5. The van der Waals surface area contributed by atoms with E-state index in [2.05, 4.69) is 34.7 Å². The fraction of sp³-hybridized carbons (Fsp3) is 0.235. The molecule has 2 unspecified atom stereocenters. The minimum atomic E-state index is 0.145. The van der Waals surface area contributed by atoms with Crippen molar-refractivity contribution >= 4 is 23.1 Å². The summed E-state index contributed by atoms with van der Waals surface area (Å²) < 4.78 is 5.58. The summed E-state index contributed by atoms with van der Waals surface area (Å²) in [6, 6.07) is 18.2. The topological polar surface area (TPSA) is 40.2 Å². The maximum atomic E-state index is 5.98. The number of anilines is 1. The van der Waals surface area contributed by atoms with Gasteiger partial charge in [0, 0.05) is 5.02 Å². The Morgan fingerprint density at radius 1 is 1.14 bits per heavy atom. The Balaban J connectivity index is 1.68. The fourth-order valence-electron chi connectivity index (χ4n) is 2.83. The van der Waals surface area contributed by atoms with Gasteiger partial charge < -0.3 is 4.74 Å². The number of aliphatic imine (C=N–C) groups is 1. The minimum Gasteiger partial charge on any atom is -0.372 e. The summed E-state index contributed by atoms with van der Waals surface area (Å²) in [6.45, 7) is 1.36. The van der Waals surface area contributed by atoms with Crippen molar-refractivity contribution in [3.05, 3.63) is 65.2 Å². The molecule has 0 amide bonds. The third kappa shape index (κ3) is 2.61. The van der Waals surface area contributed by atoms with Crippen molar-refractivity contribution in [2.24, 2.45) is 4.99 Å². The number of ether oxygens (including phenoxy) is 1. The molecule has 0 aliphatic carbocycles. The molecular formula is C17H16ClN3O. The lowest BCUT2D eigenvalue weighted by Crippen LogP contribution is -2.41. The zero-order valence-corrected chi connectivity index (χ0v) is 12.7. The third-order valence-electron chi connectivity index (χ3n) is 3.95. The quantitative estimate of drug-likeness (QED) is 0.881. The first-order chi connectivity index (χ1) is 10.8. The van der Waals surface area contributed by atoms with E-state index < -0.39 is 0 Å². The first-order valence-corrected chi connectivity index (χ1v) is 7.71. The highest BCUT2D eigenvalue weighted by Gasteiger charge is 2.40. The third-order valence-corrected chi connectivity index (χ3v) is 4.20. The van der Waals surface area contributed by atoms with Gasteiger partial charge in [0.25, 0.3) is 0 Å². The molecule has 1 fully saturated rings. The Kier molecular flexibility index (Phi) is 3.58. The largest absolute Gasteiger partial charge is 0.372 e. The Hall–Kier alpha value is -1.88. The molecule has 0 aromatic heterocycles. The second-order valence-corrected chi connectivity index (χ2v) is 5.84. The van der Waals surface area contributed by atoms with Gasteiger partial charge in [0.2, 0.25) is 0 Å². The van der Waals surface area contributed by atoms with E-state index in [4.69, 9.17) is 16.3 Å². The van der Waals surface area contributed by atoms with Crippen molar-refractivity contribution < 1.29 is 4.74 Å². The first kappa shape index (κ1) is 13.8. The molecule has 112 valence electrons. The molecule has 2 aliphatic heterocycles. The summed E-state index contributed by atoms with van der Waals surface area (Å²) in [5.74, 6) is 1.14. The normalized spacial score (nSPS) is 21.6. The maximum Gasteiger partial charge on any atom is 0.130 e. The summed E-state index contributed by atoms with van der Waals surface area (Å²) in [4.78, 5) is 4.67. The van der Waals surface area contributed by atoms with Gasteiger partial charge in [-0.3, -0.25) is 10.0 Å². The van der Waals surface area contributed by atoms with Gasteiger partial charge in [0.1, 0.15) is 12.5 Å². The van der Waals surface area contributed by atoms with Crippen LogP contribution in [-0.2, 0) is 4.74 Å². The molecule has 1 saturated heterocycles. The molecular weight excluding hydrogens is 298 g/mol. The van der Waals surface area contributed by atoms with Crippen LogP contribution in [0.15, 0.2) is 59.6 Å². The molecule has 2 aromatic carbocycles. The van der Waals surface area contributed by atoms with Crippen molar-refractivity contribution in [2.75, 3.05) is 18.3 Å². The zero-order chi connectivity index (χ0) is 14.9. The standard InChI is InChI=1S/C17H16ClN3O/c18-13-6-8-14(9-7-13)21-17(19-11-20-21)16(15-10-22-15)12-4-2-1-3-5-12/h1-9,15-16,20H,10-11H2. The number of nitrogens with zero attached hydrogens (tertiary/aromatic N) is 2. The number of nitrogens with one attached hydrogen (secondary N) is 1. The molecule has 2 heterocycles. The number of hydrazine groups is 1. The van der Waals surface area contributed by atoms with Crippen LogP contribution in [0.3, 0.4) is 0 Å². The van der Waals surface area contributed by atoms with Crippen molar-refractivity contribution in [1.29, 1.82) is 0 Å². The Morgan fingerprint density at radius 2 is 1.86 bits per heavy atom. The van der Waals surface area contributed by atoms with Crippen LogP contribution in [0.25, 0.3) is 0 Å². The van der Waals surface area contributed by atoms with Crippen molar-refractivity contribution in [3.8, 4) is 0 Å². The molecule has 5 heteroatoms. The number of epoxide rings is 1. The van der Waals surface area contributed by atoms with Gasteiger partial charge in [-0.05, 0) is 29.8 Å². The number of benzene rings is 2. The van der Waals surface area contributed by atoms with Gasteiger partial charge in [-0.2, -0.15) is 0 Å². The Bertz CT molecular complexity index is 683. The lowest BCUT2D eigenvalue weighted by molar-refractivity contribution is 0.397. The van der Waals surface area contributed by atoms with Crippen molar-refractivity contribution in [1.82, 2.24) is 5.43 Å². The van der Waals surface area contributed by atoms with Crippen molar-refractivity contribution in [2.45, 2.75) is 12.0 Å². The van der Waals surface area contributed by atoms with E-state index in [9.17, 15) is 0 Å². The average molecular weight is 314 g/mol. The molecule has 0 radical (unpaired) electrons. The Labute approximate surface area is 134 Å². The smallest absolute Gasteiger partial charge is 0.130 e. The van der Waals surface area contributed by atoms with Gasteiger partial charge >= 0.3 is 0 Å². The second-order valence-electron chi connectivity index (χ2n) is 5.40. The maximum absolute atomic E-state index is 5.98. The van der Waals surface area contributed by atoms with Crippen LogP contribution in [0.5, 0.6) is 0 Å². The van der Waals surface area contributed by atoms with Gasteiger partial charge in [-0.1, -0.05) is 41.9 Å². The monoisotopic (exact) mass is 313 g/mol. The lowest BCUT2D eigenvalue weighted by atomic mass is 9.94. The van der Waals surface area contributed by atoms with Gasteiger partial charge in [0.15, 0.2) is 0 Å². The summed E-state index contributed by atoms with van der Waals surface area (Å²) >= 11 is 5.98. The Morgan fingerprint density at radius 3 is 2.55 bits per heavy atom. The van der Waals surface area contributed by atoms with Crippen LogP contribution in [-0.4, -0.2) is 25.2 Å². The molecule has 4 nitrogen and oxygen atoms in total. The number of hydrogen-bond acceptors (Lipinski definition) is 4. The molecule has 0 spiro atoms. The number of hydrogen-bond donors (Lipinski definition) is 1.